The smallest absolute Gasteiger partial charge is 0.326 e. The SMILES string of the molecule is CC(C)CC(NC(=O)C(O)Cc1ccccc1)C(=O)NC(CCCN=C(N)N)C(=O)NC(CC(N)=O)C(=O)O. The molecule has 4 unspecified atom stereocenters. The number of nitrogens with zero attached hydrogens (tertiary/aromatic N) is 1. The van der Waals surface area contributed by atoms with Crippen molar-refractivity contribution in [2.45, 2.75) is 70.2 Å². The highest BCUT2D eigenvalue weighted by Crippen LogP contribution is 2.09. The van der Waals surface area contributed by atoms with Crippen LogP contribution in [0.5, 0.6) is 0 Å². The number of carboxylic acids is 1. The Hall–Kier alpha value is -4.20. The van der Waals surface area contributed by atoms with Crippen molar-refractivity contribution in [2.75, 3.05) is 6.54 Å². The van der Waals surface area contributed by atoms with E-state index in [1.807, 2.05) is 13.8 Å². The number of guanidine groups is 1. The van der Waals surface area contributed by atoms with Crippen LogP contribution in [0.1, 0.15) is 45.1 Å². The van der Waals surface area contributed by atoms with E-state index in [0.29, 0.717) is 0 Å². The molecule has 0 saturated carbocycles. The number of aliphatic imine (C=N–C) groups is 1. The predicted octanol–water partition coefficient (Wildman–Crippen LogP) is -1.90. The normalized spacial score (nSPS) is 13.8. The van der Waals surface area contributed by atoms with E-state index in [9.17, 15) is 34.2 Å². The third kappa shape index (κ3) is 13.2. The van der Waals surface area contributed by atoms with Crippen LogP contribution in [0.3, 0.4) is 0 Å². The number of hydrogen-bond acceptors (Lipinski definition) is 7. The second kappa shape index (κ2) is 16.6. The molecule has 0 saturated heterocycles. The number of aliphatic carboxylic acids is 1. The van der Waals surface area contributed by atoms with Gasteiger partial charge in [-0.1, -0.05) is 44.2 Å². The highest BCUT2D eigenvalue weighted by molar-refractivity contribution is 5.94. The van der Waals surface area contributed by atoms with Gasteiger partial charge in [-0.2, -0.15) is 0 Å². The van der Waals surface area contributed by atoms with Crippen LogP contribution in [0.15, 0.2) is 35.3 Å². The first-order valence-electron chi connectivity index (χ1n) is 12.5. The molecule has 14 heteroatoms. The van der Waals surface area contributed by atoms with Crippen molar-refractivity contribution in [1.29, 1.82) is 0 Å². The minimum absolute atomic E-state index is 0.0102. The third-order valence-corrected chi connectivity index (χ3v) is 5.51. The molecule has 0 spiro atoms. The number of benzene rings is 1. The van der Waals surface area contributed by atoms with Crippen LogP contribution in [0.25, 0.3) is 0 Å². The molecule has 1 aromatic carbocycles. The minimum Gasteiger partial charge on any atom is -0.480 e. The van der Waals surface area contributed by atoms with Gasteiger partial charge in [0.1, 0.15) is 24.2 Å². The minimum atomic E-state index is -1.61. The van der Waals surface area contributed by atoms with Crippen LogP contribution in [0, 0.1) is 5.92 Å². The zero-order valence-electron chi connectivity index (χ0n) is 22.1. The number of carbonyl (C=O) groups excluding carboxylic acids is 4. The molecule has 1 aromatic rings. The van der Waals surface area contributed by atoms with Crippen LogP contribution < -0.4 is 33.2 Å². The monoisotopic (exact) mass is 549 g/mol. The van der Waals surface area contributed by atoms with Gasteiger partial charge in [0.2, 0.25) is 23.6 Å². The van der Waals surface area contributed by atoms with E-state index < -0.39 is 60.2 Å². The number of hydrogen-bond donors (Lipinski definition) is 8. The maximum absolute atomic E-state index is 13.2. The largest absolute Gasteiger partial charge is 0.480 e. The van der Waals surface area contributed by atoms with Gasteiger partial charge in [-0.15, -0.1) is 0 Å². The van der Waals surface area contributed by atoms with Crippen molar-refractivity contribution in [3.63, 3.8) is 0 Å². The van der Waals surface area contributed by atoms with E-state index in [1.54, 1.807) is 30.3 Å². The molecule has 1 rings (SSSR count). The summed E-state index contributed by atoms with van der Waals surface area (Å²) in [6, 6.07) is 4.89. The van der Waals surface area contributed by atoms with E-state index >= 15 is 0 Å². The molecular weight excluding hydrogens is 510 g/mol. The quantitative estimate of drug-likeness (QED) is 0.0613. The molecule has 0 aliphatic carbocycles. The van der Waals surface area contributed by atoms with Gasteiger partial charge < -0.3 is 43.4 Å². The number of aliphatic hydroxyl groups excluding tert-OH is 1. The van der Waals surface area contributed by atoms with Crippen molar-refractivity contribution in [2.24, 2.45) is 28.1 Å². The summed E-state index contributed by atoms with van der Waals surface area (Å²) in [5, 5.41) is 27.0. The van der Waals surface area contributed by atoms with Crippen LogP contribution in [0.4, 0.5) is 0 Å². The summed E-state index contributed by atoms with van der Waals surface area (Å²) < 4.78 is 0. The van der Waals surface area contributed by atoms with Gasteiger partial charge >= 0.3 is 5.97 Å². The second-order valence-electron chi connectivity index (χ2n) is 9.48. The Labute approximate surface area is 226 Å². The first kappa shape index (κ1) is 32.8. The summed E-state index contributed by atoms with van der Waals surface area (Å²) in [5.41, 5.74) is 16.4. The van der Waals surface area contributed by atoms with E-state index in [0.717, 1.165) is 5.56 Å². The molecule has 4 amide bonds. The molecule has 0 aliphatic heterocycles. The Morgan fingerprint density at radius 2 is 1.44 bits per heavy atom. The highest BCUT2D eigenvalue weighted by Gasteiger charge is 2.31. The first-order valence-corrected chi connectivity index (χ1v) is 12.5. The molecule has 0 aliphatic rings. The lowest BCUT2D eigenvalue weighted by molar-refractivity contribution is -0.144. The van der Waals surface area contributed by atoms with Crippen LogP contribution in [0.2, 0.25) is 0 Å². The van der Waals surface area contributed by atoms with Crippen molar-refractivity contribution >= 4 is 35.6 Å². The Morgan fingerprint density at radius 3 is 1.97 bits per heavy atom. The molecule has 4 atom stereocenters. The van der Waals surface area contributed by atoms with Crippen LogP contribution in [-0.2, 0) is 30.4 Å². The van der Waals surface area contributed by atoms with E-state index in [-0.39, 0.29) is 44.1 Å². The van der Waals surface area contributed by atoms with Gasteiger partial charge in [-0.3, -0.25) is 24.2 Å². The second-order valence-corrected chi connectivity index (χ2v) is 9.48. The first-order chi connectivity index (χ1) is 18.3. The molecule has 216 valence electrons. The lowest BCUT2D eigenvalue weighted by Gasteiger charge is -2.26. The topological polar surface area (TPSA) is 252 Å². The lowest BCUT2D eigenvalue weighted by Crippen LogP contribution is -2.57. The summed E-state index contributed by atoms with van der Waals surface area (Å²) >= 11 is 0. The summed E-state index contributed by atoms with van der Waals surface area (Å²) in [7, 11) is 0. The molecule has 14 nitrogen and oxygen atoms in total. The molecular formula is C25H39N7O7. The maximum Gasteiger partial charge on any atom is 0.326 e. The molecule has 0 fully saturated rings. The fraction of sp³-hybridized carbons (Fsp3) is 0.520. The van der Waals surface area contributed by atoms with Gasteiger partial charge in [0.05, 0.1) is 6.42 Å². The average Bonchev–Trinajstić information content (AvgIpc) is 2.84. The van der Waals surface area contributed by atoms with E-state index in [1.165, 1.54) is 0 Å². The molecule has 0 aromatic heterocycles. The summed E-state index contributed by atoms with van der Waals surface area (Å²) in [6.07, 6.45) is -1.59. The Kier molecular flexibility index (Phi) is 14.0. The number of carbonyl (C=O) groups is 5. The van der Waals surface area contributed by atoms with Gasteiger partial charge in [0.25, 0.3) is 0 Å². The number of amides is 4. The number of nitrogens with two attached hydrogens (primary N) is 3. The molecule has 0 radical (unpaired) electrons. The summed E-state index contributed by atoms with van der Waals surface area (Å²) in [6.45, 7) is 3.78. The molecule has 0 bridgehead atoms. The number of rotatable bonds is 17. The molecule has 0 heterocycles. The number of aliphatic hydroxyl groups is 1. The summed E-state index contributed by atoms with van der Waals surface area (Å²) in [5.74, 6) is -4.99. The van der Waals surface area contributed by atoms with Gasteiger partial charge in [0, 0.05) is 13.0 Å². The molecule has 39 heavy (non-hydrogen) atoms. The Bertz CT molecular complexity index is 1010. The third-order valence-electron chi connectivity index (χ3n) is 5.51. The number of nitrogens with one attached hydrogen (secondary N) is 3. The maximum atomic E-state index is 13.2. The van der Waals surface area contributed by atoms with Gasteiger partial charge in [-0.25, -0.2) is 4.79 Å². The van der Waals surface area contributed by atoms with Gasteiger partial charge in [0.15, 0.2) is 5.96 Å². The van der Waals surface area contributed by atoms with Crippen molar-refractivity contribution in [1.82, 2.24) is 16.0 Å². The fourth-order valence-electron chi connectivity index (χ4n) is 3.62. The Morgan fingerprint density at radius 1 is 0.872 bits per heavy atom. The summed E-state index contributed by atoms with van der Waals surface area (Å²) in [4.78, 5) is 65.3. The van der Waals surface area contributed by atoms with E-state index in [4.69, 9.17) is 17.2 Å². The number of primary amides is 1. The standard InChI is InChI=1S/C25H39N7O7/c1-14(2)11-17(31-23(37)19(33)12-15-7-4-3-5-8-15)22(36)30-16(9-6-10-29-25(27)28)21(35)32-18(24(38)39)13-20(26)34/h3-5,7-8,14,16-19,33H,6,9-13H2,1-2H3,(H2,26,34)(H,30,36)(H,31,37)(H,32,35)(H,38,39)(H4,27,28,29). The highest BCUT2D eigenvalue weighted by atomic mass is 16.4. The molecule has 11 N–H and O–H groups in total. The van der Waals surface area contributed by atoms with Crippen molar-refractivity contribution in [3.8, 4) is 0 Å². The zero-order chi connectivity index (χ0) is 29.5. The zero-order valence-corrected chi connectivity index (χ0v) is 22.1. The lowest BCUT2D eigenvalue weighted by atomic mass is 10.0. The van der Waals surface area contributed by atoms with Crippen molar-refractivity contribution < 1.29 is 34.2 Å². The fourth-order valence-corrected chi connectivity index (χ4v) is 3.62. The van der Waals surface area contributed by atoms with Crippen molar-refractivity contribution in [3.05, 3.63) is 35.9 Å². The van der Waals surface area contributed by atoms with E-state index in [2.05, 4.69) is 20.9 Å². The number of carboxylic acid groups (broad SMARTS) is 1. The predicted molar refractivity (Wildman–Crippen MR) is 143 cm³/mol. The van der Waals surface area contributed by atoms with Crippen LogP contribution >= 0.6 is 0 Å². The van der Waals surface area contributed by atoms with Gasteiger partial charge in [-0.05, 0) is 30.7 Å². The van der Waals surface area contributed by atoms with Crippen LogP contribution in [-0.4, -0.2) is 76.5 Å². The average molecular weight is 550 g/mol. The Balaban J connectivity index is 3.03.